The topological polar surface area (TPSA) is 67.4 Å². The van der Waals surface area contributed by atoms with Crippen LogP contribution in [0.1, 0.15) is 26.2 Å². The molecule has 2 amide bonds. The smallest absolute Gasteiger partial charge is 0.253 e. The van der Waals surface area contributed by atoms with Crippen LogP contribution in [-0.4, -0.2) is 24.5 Å². The molecular formula is C16H20N2O3. The number of benzene rings is 1. The first-order valence-electron chi connectivity index (χ1n) is 7.47. The normalized spacial score (nSPS) is 27.2. The van der Waals surface area contributed by atoms with Gasteiger partial charge in [0.2, 0.25) is 5.91 Å². The Kier molecular flexibility index (Phi) is 3.92. The monoisotopic (exact) mass is 288 g/mol. The molecule has 2 aliphatic rings. The molecule has 0 unspecified atom stereocenters. The summed E-state index contributed by atoms with van der Waals surface area (Å²) in [4.78, 5) is 23.7. The maximum Gasteiger partial charge on any atom is 0.253 e. The van der Waals surface area contributed by atoms with Crippen LogP contribution in [0.25, 0.3) is 0 Å². The second-order valence-corrected chi connectivity index (χ2v) is 5.88. The second kappa shape index (κ2) is 5.85. The van der Waals surface area contributed by atoms with Gasteiger partial charge in [-0.2, -0.15) is 0 Å². The number of carbonyl (C=O) groups excluding carboxylic acids is 2. The van der Waals surface area contributed by atoms with Crippen molar-refractivity contribution in [3.05, 3.63) is 24.3 Å². The number of hydrogen-bond donors (Lipinski definition) is 2. The molecule has 1 saturated heterocycles. The molecule has 0 spiro atoms. The molecule has 1 aliphatic heterocycles. The van der Waals surface area contributed by atoms with Crippen molar-refractivity contribution < 1.29 is 14.3 Å². The van der Waals surface area contributed by atoms with Gasteiger partial charge in [-0.05, 0) is 49.4 Å². The molecule has 1 aromatic rings. The lowest BCUT2D eigenvalue weighted by molar-refractivity contribution is -0.124. The molecule has 1 heterocycles. The lowest BCUT2D eigenvalue weighted by Crippen LogP contribution is -2.26. The zero-order valence-corrected chi connectivity index (χ0v) is 12.1. The molecule has 112 valence electrons. The van der Waals surface area contributed by atoms with Gasteiger partial charge in [0.15, 0.2) is 0 Å². The maximum atomic E-state index is 11.9. The van der Waals surface area contributed by atoms with E-state index in [-0.39, 0.29) is 23.8 Å². The highest BCUT2D eigenvalue weighted by molar-refractivity contribution is 5.96. The molecule has 21 heavy (non-hydrogen) atoms. The van der Waals surface area contributed by atoms with Gasteiger partial charge < -0.3 is 15.4 Å². The van der Waals surface area contributed by atoms with E-state index in [0.717, 1.165) is 24.9 Å². The van der Waals surface area contributed by atoms with E-state index in [9.17, 15) is 9.59 Å². The SMILES string of the molecule is C[C@@H]1C[C@H]1C(=O)Nc1ccc(NC(=O)[C@@H]2CCCO2)cc1. The molecule has 1 saturated carbocycles. The van der Waals surface area contributed by atoms with Gasteiger partial charge in [-0.1, -0.05) is 6.92 Å². The minimum atomic E-state index is -0.333. The lowest BCUT2D eigenvalue weighted by Gasteiger charge is -2.11. The summed E-state index contributed by atoms with van der Waals surface area (Å²) in [6.07, 6.45) is 2.35. The van der Waals surface area contributed by atoms with E-state index in [2.05, 4.69) is 17.6 Å². The molecule has 3 atom stereocenters. The molecule has 0 radical (unpaired) electrons. The first kappa shape index (κ1) is 14.1. The summed E-state index contributed by atoms with van der Waals surface area (Å²) in [7, 11) is 0. The molecule has 0 aromatic heterocycles. The van der Waals surface area contributed by atoms with Gasteiger partial charge in [0, 0.05) is 23.9 Å². The summed E-state index contributed by atoms with van der Waals surface area (Å²) in [6, 6.07) is 7.18. The molecule has 3 rings (SSSR count). The Balaban J connectivity index is 1.53. The average molecular weight is 288 g/mol. The average Bonchev–Trinajstić information content (AvgIpc) is 2.99. The fraction of sp³-hybridized carbons (Fsp3) is 0.500. The van der Waals surface area contributed by atoms with Crippen LogP contribution in [0.15, 0.2) is 24.3 Å². The summed E-state index contributed by atoms with van der Waals surface area (Å²) in [5.41, 5.74) is 1.47. The highest BCUT2D eigenvalue weighted by Crippen LogP contribution is 2.38. The van der Waals surface area contributed by atoms with Crippen molar-refractivity contribution >= 4 is 23.2 Å². The van der Waals surface area contributed by atoms with Crippen molar-refractivity contribution in [3.8, 4) is 0 Å². The third-order valence-corrected chi connectivity index (χ3v) is 4.09. The van der Waals surface area contributed by atoms with Crippen molar-refractivity contribution in [2.45, 2.75) is 32.3 Å². The largest absolute Gasteiger partial charge is 0.368 e. The molecule has 1 aromatic carbocycles. The van der Waals surface area contributed by atoms with E-state index >= 15 is 0 Å². The first-order chi connectivity index (χ1) is 10.1. The standard InChI is InChI=1S/C16H20N2O3/c1-10-9-13(10)15(19)17-11-4-6-12(7-5-11)18-16(20)14-3-2-8-21-14/h4-7,10,13-14H,2-3,8-9H2,1H3,(H,17,19)(H,18,20)/t10-,13-,14+/m1/s1. The zero-order valence-electron chi connectivity index (χ0n) is 12.1. The summed E-state index contributed by atoms with van der Waals surface area (Å²) in [6.45, 7) is 2.73. The van der Waals surface area contributed by atoms with Crippen molar-refractivity contribution in [1.82, 2.24) is 0 Å². The van der Waals surface area contributed by atoms with Crippen molar-refractivity contribution in [2.75, 3.05) is 17.2 Å². The Morgan fingerprint density at radius 1 is 1.10 bits per heavy atom. The molecular weight excluding hydrogens is 268 g/mol. The summed E-state index contributed by atoms with van der Waals surface area (Å²) >= 11 is 0. The Morgan fingerprint density at radius 3 is 2.14 bits per heavy atom. The van der Waals surface area contributed by atoms with E-state index < -0.39 is 0 Å². The van der Waals surface area contributed by atoms with Crippen LogP contribution in [0, 0.1) is 11.8 Å². The van der Waals surface area contributed by atoms with E-state index in [4.69, 9.17) is 4.74 Å². The van der Waals surface area contributed by atoms with E-state index in [0.29, 0.717) is 18.2 Å². The number of rotatable bonds is 4. The van der Waals surface area contributed by atoms with Crippen LogP contribution in [0.2, 0.25) is 0 Å². The Morgan fingerprint density at radius 2 is 1.67 bits per heavy atom. The van der Waals surface area contributed by atoms with Crippen LogP contribution < -0.4 is 10.6 Å². The van der Waals surface area contributed by atoms with Gasteiger partial charge in [-0.15, -0.1) is 0 Å². The van der Waals surface area contributed by atoms with Crippen LogP contribution >= 0.6 is 0 Å². The van der Waals surface area contributed by atoms with Crippen molar-refractivity contribution in [2.24, 2.45) is 11.8 Å². The van der Waals surface area contributed by atoms with Gasteiger partial charge in [0.1, 0.15) is 6.10 Å². The van der Waals surface area contributed by atoms with Crippen molar-refractivity contribution in [1.29, 1.82) is 0 Å². The molecule has 1 aliphatic carbocycles. The van der Waals surface area contributed by atoms with Crippen LogP contribution in [0.3, 0.4) is 0 Å². The number of carbonyl (C=O) groups is 2. The third kappa shape index (κ3) is 3.42. The van der Waals surface area contributed by atoms with Gasteiger partial charge in [0.05, 0.1) is 0 Å². The van der Waals surface area contributed by atoms with Crippen molar-refractivity contribution in [3.63, 3.8) is 0 Å². The Bertz CT molecular complexity index is 535. The van der Waals surface area contributed by atoms with Gasteiger partial charge >= 0.3 is 0 Å². The maximum absolute atomic E-state index is 11.9. The Labute approximate surface area is 124 Å². The molecule has 5 heteroatoms. The van der Waals surface area contributed by atoms with Gasteiger partial charge in [-0.3, -0.25) is 9.59 Å². The van der Waals surface area contributed by atoms with Crippen LogP contribution in [-0.2, 0) is 14.3 Å². The zero-order chi connectivity index (χ0) is 14.8. The van der Waals surface area contributed by atoms with E-state index in [1.165, 1.54) is 0 Å². The van der Waals surface area contributed by atoms with Crippen LogP contribution in [0.5, 0.6) is 0 Å². The quantitative estimate of drug-likeness (QED) is 0.894. The van der Waals surface area contributed by atoms with Gasteiger partial charge in [-0.25, -0.2) is 0 Å². The highest BCUT2D eigenvalue weighted by Gasteiger charge is 2.39. The minimum Gasteiger partial charge on any atom is -0.368 e. The lowest BCUT2D eigenvalue weighted by atomic mass is 10.2. The second-order valence-electron chi connectivity index (χ2n) is 5.88. The molecule has 2 fully saturated rings. The van der Waals surface area contributed by atoms with Crippen LogP contribution in [0.4, 0.5) is 11.4 Å². The molecule has 2 N–H and O–H groups in total. The summed E-state index contributed by atoms with van der Waals surface area (Å²) in [5, 5.41) is 5.72. The number of amides is 2. The number of anilines is 2. The minimum absolute atomic E-state index is 0.0821. The van der Waals surface area contributed by atoms with E-state index in [1.54, 1.807) is 24.3 Å². The fourth-order valence-electron chi connectivity index (χ4n) is 2.57. The summed E-state index contributed by atoms with van der Waals surface area (Å²) < 4.78 is 5.34. The van der Waals surface area contributed by atoms with Gasteiger partial charge in [0.25, 0.3) is 5.91 Å². The highest BCUT2D eigenvalue weighted by atomic mass is 16.5. The fourth-order valence-corrected chi connectivity index (χ4v) is 2.57. The third-order valence-electron chi connectivity index (χ3n) is 4.09. The number of ether oxygens (including phenoxy) is 1. The molecule has 5 nitrogen and oxygen atoms in total. The predicted molar refractivity (Wildman–Crippen MR) is 79.9 cm³/mol. The number of hydrogen-bond acceptors (Lipinski definition) is 3. The molecule has 0 bridgehead atoms. The van der Waals surface area contributed by atoms with E-state index in [1.807, 2.05) is 0 Å². The number of nitrogens with one attached hydrogen (secondary N) is 2. The summed E-state index contributed by atoms with van der Waals surface area (Å²) in [5.74, 6) is 0.633. The first-order valence-corrected chi connectivity index (χ1v) is 7.47. The predicted octanol–water partition coefficient (Wildman–Crippen LogP) is 2.40. The Hall–Kier alpha value is -1.88.